The third-order valence-electron chi connectivity index (χ3n) is 3.47. The molecule has 5 nitrogen and oxygen atoms in total. The van der Waals surface area contributed by atoms with Crippen LogP contribution in [0, 0.1) is 5.92 Å². The highest BCUT2D eigenvalue weighted by molar-refractivity contribution is 5.81. The number of hydrogen-bond donors (Lipinski definition) is 1. The Hall–Kier alpha value is -1.10. The van der Waals surface area contributed by atoms with Crippen LogP contribution in [0.5, 0.6) is 0 Å². The number of rotatable bonds is 4. The van der Waals surface area contributed by atoms with E-state index in [9.17, 15) is 9.59 Å². The molecule has 0 aliphatic carbocycles. The van der Waals surface area contributed by atoms with E-state index in [-0.39, 0.29) is 17.9 Å². The first-order valence-corrected chi connectivity index (χ1v) is 6.64. The molecule has 0 saturated carbocycles. The van der Waals surface area contributed by atoms with Crippen LogP contribution >= 0.6 is 0 Å². The van der Waals surface area contributed by atoms with Gasteiger partial charge in [0.1, 0.15) is 0 Å². The number of amides is 2. The van der Waals surface area contributed by atoms with E-state index in [4.69, 9.17) is 5.73 Å². The van der Waals surface area contributed by atoms with E-state index in [0.717, 1.165) is 26.1 Å². The maximum Gasteiger partial charge on any atom is 0.239 e. The lowest BCUT2D eigenvalue weighted by atomic mass is 10.1. The second-order valence-corrected chi connectivity index (χ2v) is 5.49. The van der Waals surface area contributed by atoms with Crippen LogP contribution < -0.4 is 5.73 Å². The quantitative estimate of drug-likeness (QED) is 0.792. The monoisotopic (exact) mass is 255 g/mol. The lowest BCUT2D eigenvalue weighted by molar-refractivity contribution is -0.131. The van der Waals surface area contributed by atoms with E-state index in [1.807, 2.05) is 23.6 Å². The molecule has 104 valence electrons. The topological polar surface area (TPSA) is 66.6 Å². The van der Waals surface area contributed by atoms with Crippen molar-refractivity contribution in [3.8, 4) is 0 Å². The minimum absolute atomic E-state index is 0.0106. The molecular weight excluding hydrogens is 230 g/mol. The van der Waals surface area contributed by atoms with Crippen molar-refractivity contribution in [1.82, 2.24) is 9.80 Å². The summed E-state index contributed by atoms with van der Waals surface area (Å²) in [5.41, 5.74) is 5.60. The summed E-state index contributed by atoms with van der Waals surface area (Å²) in [4.78, 5) is 27.0. The molecular formula is C13H25N3O2. The normalized spacial score (nSPS) is 21.2. The summed E-state index contributed by atoms with van der Waals surface area (Å²) in [6.07, 6.45) is 0.953. The Morgan fingerprint density at radius 1 is 1.39 bits per heavy atom. The molecule has 0 aromatic rings. The van der Waals surface area contributed by atoms with Crippen molar-refractivity contribution in [2.75, 3.05) is 19.6 Å². The first-order chi connectivity index (χ1) is 8.32. The molecule has 1 rings (SSSR count). The van der Waals surface area contributed by atoms with E-state index in [1.165, 1.54) is 0 Å². The zero-order chi connectivity index (χ0) is 13.9. The summed E-state index contributed by atoms with van der Waals surface area (Å²) in [5.74, 6) is 0.484. The largest absolute Gasteiger partial charge is 0.341 e. The Labute approximate surface area is 109 Å². The zero-order valence-corrected chi connectivity index (χ0v) is 11.8. The SMILES string of the molecule is CC(=O)N(C[C@@H]1CCN(C(=O)[C@H](C)N)C1)C(C)C. The van der Waals surface area contributed by atoms with E-state index in [2.05, 4.69) is 0 Å². The average Bonchev–Trinajstić information content (AvgIpc) is 2.72. The highest BCUT2D eigenvalue weighted by Crippen LogP contribution is 2.19. The molecule has 1 aliphatic rings. The zero-order valence-electron chi connectivity index (χ0n) is 11.8. The maximum absolute atomic E-state index is 11.8. The lowest BCUT2D eigenvalue weighted by Gasteiger charge is -2.28. The fraction of sp³-hybridized carbons (Fsp3) is 0.846. The van der Waals surface area contributed by atoms with Gasteiger partial charge in [-0.25, -0.2) is 0 Å². The molecule has 0 bridgehead atoms. The summed E-state index contributed by atoms with van der Waals surface area (Å²) in [7, 11) is 0. The predicted octanol–water partition coefficient (Wildman–Crippen LogP) is 0.439. The molecule has 0 unspecified atom stereocenters. The van der Waals surface area contributed by atoms with Gasteiger partial charge in [0.25, 0.3) is 0 Å². The minimum atomic E-state index is -0.433. The fourth-order valence-electron chi connectivity index (χ4n) is 2.45. The summed E-state index contributed by atoms with van der Waals surface area (Å²) in [6.45, 7) is 9.55. The maximum atomic E-state index is 11.8. The number of nitrogens with zero attached hydrogens (tertiary/aromatic N) is 2. The van der Waals surface area contributed by atoms with Crippen LogP contribution in [-0.4, -0.2) is 53.3 Å². The Morgan fingerprint density at radius 2 is 2.00 bits per heavy atom. The van der Waals surface area contributed by atoms with Gasteiger partial charge in [-0.3, -0.25) is 9.59 Å². The Bertz CT molecular complexity index is 315. The van der Waals surface area contributed by atoms with Crippen molar-refractivity contribution < 1.29 is 9.59 Å². The fourth-order valence-corrected chi connectivity index (χ4v) is 2.45. The Kier molecular flexibility index (Phi) is 5.14. The molecule has 2 amide bonds. The van der Waals surface area contributed by atoms with Crippen LogP contribution in [0.3, 0.4) is 0 Å². The highest BCUT2D eigenvalue weighted by atomic mass is 16.2. The van der Waals surface area contributed by atoms with Gasteiger partial charge in [-0.05, 0) is 33.1 Å². The van der Waals surface area contributed by atoms with E-state index >= 15 is 0 Å². The van der Waals surface area contributed by atoms with Crippen LogP contribution in [0.15, 0.2) is 0 Å². The first kappa shape index (κ1) is 15.0. The van der Waals surface area contributed by atoms with Gasteiger partial charge in [-0.15, -0.1) is 0 Å². The third kappa shape index (κ3) is 3.70. The summed E-state index contributed by atoms with van der Waals surface area (Å²) in [6, 6.07) is -0.224. The van der Waals surface area contributed by atoms with Gasteiger partial charge in [0.2, 0.25) is 11.8 Å². The van der Waals surface area contributed by atoms with Gasteiger partial charge in [0, 0.05) is 32.6 Å². The molecule has 0 radical (unpaired) electrons. The minimum Gasteiger partial charge on any atom is -0.341 e. The second-order valence-electron chi connectivity index (χ2n) is 5.49. The van der Waals surface area contributed by atoms with Gasteiger partial charge in [0.05, 0.1) is 6.04 Å². The van der Waals surface area contributed by atoms with Crippen LogP contribution in [0.1, 0.15) is 34.1 Å². The van der Waals surface area contributed by atoms with Crippen molar-refractivity contribution in [2.45, 2.75) is 46.2 Å². The number of likely N-dealkylation sites (tertiary alicyclic amines) is 1. The van der Waals surface area contributed by atoms with Gasteiger partial charge >= 0.3 is 0 Å². The number of carbonyl (C=O) groups is 2. The van der Waals surface area contributed by atoms with Crippen molar-refractivity contribution >= 4 is 11.8 Å². The average molecular weight is 255 g/mol. The van der Waals surface area contributed by atoms with Gasteiger partial charge < -0.3 is 15.5 Å². The van der Waals surface area contributed by atoms with E-state index in [0.29, 0.717) is 5.92 Å². The Morgan fingerprint density at radius 3 is 2.44 bits per heavy atom. The Balaban J connectivity index is 2.52. The molecule has 2 atom stereocenters. The molecule has 0 spiro atoms. The first-order valence-electron chi connectivity index (χ1n) is 6.64. The summed E-state index contributed by atoms with van der Waals surface area (Å²) in [5, 5.41) is 0. The summed E-state index contributed by atoms with van der Waals surface area (Å²) >= 11 is 0. The number of nitrogens with two attached hydrogens (primary N) is 1. The highest BCUT2D eigenvalue weighted by Gasteiger charge is 2.29. The van der Waals surface area contributed by atoms with E-state index in [1.54, 1.807) is 13.8 Å². The van der Waals surface area contributed by atoms with Crippen molar-refractivity contribution in [2.24, 2.45) is 11.7 Å². The molecule has 1 saturated heterocycles. The van der Waals surface area contributed by atoms with Crippen molar-refractivity contribution in [1.29, 1.82) is 0 Å². The predicted molar refractivity (Wildman–Crippen MR) is 70.9 cm³/mol. The van der Waals surface area contributed by atoms with Crippen LogP contribution in [0.2, 0.25) is 0 Å². The third-order valence-corrected chi connectivity index (χ3v) is 3.47. The van der Waals surface area contributed by atoms with Crippen LogP contribution in [0.25, 0.3) is 0 Å². The molecule has 1 aliphatic heterocycles. The number of carbonyl (C=O) groups excluding carboxylic acids is 2. The van der Waals surface area contributed by atoms with Crippen LogP contribution in [-0.2, 0) is 9.59 Å². The standard InChI is InChI=1S/C13H25N3O2/c1-9(2)16(11(4)17)8-12-5-6-15(7-12)13(18)10(3)14/h9-10,12H,5-8,14H2,1-4H3/t10-,12+/m0/s1. The smallest absolute Gasteiger partial charge is 0.239 e. The van der Waals surface area contributed by atoms with Crippen molar-refractivity contribution in [3.63, 3.8) is 0 Å². The van der Waals surface area contributed by atoms with E-state index < -0.39 is 6.04 Å². The molecule has 0 aromatic carbocycles. The van der Waals surface area contributed by atoms with Gasteiger partial charge in [-0.1, -0.05) is 0 Å². The molecule has 18 heavy (non-hydrogen) atoms. The van der Waals surface area contributed by atoms with Gasteiger partial charge in [-0.2, -0.15) is 0 Å². The van der Waals surface area contributed by atoms with Crippen LogP contribution in [0.4, 0.5) is 0 Å². The molecule has 5 heteroatoms. The molecule has 2 N–H and O–H groups in total. The molecule has 0 aromatic heterocycles. The molecule has 1 fully saturated rings. The summed E-state index contributed by atoms with van der Waals surface area (Å²) < 4.78 is 0. The molecule has 1 heterocycles. The second kappa shape index (κ2) is 6.18. The van der Waals surface area contributed by atoms with Crippen molar-refractivity contribution in [3.05, 3.63) is 0 Å². The lowest BCUT2D eigenvalue weighted by Crippen LogP contribution is -2.42. The number of hydrogen-bond acceptors (Lipinski definition) is 3. The van der Waals surface area contributed by atoms with Gasteiger partial charge in [0.15, 0.2) is 0 Å².